The molecule has 1 heterocycles. The van der Waals surface area contributed by atoms with Crippen molar-refractivity contribution in [2.45, 2.75) is 26.0 Å². The molecule has 0 saturated carbocycles. The van der Waals surface area contributed by atoms with Crippen LogP contribution in [-0.2, 0) is 11.4 Å². The summed E-state index contributed by atoms with van der Waals surface area (Å²) in [5.41, 5.74) is 2.89. The van der Waals surface area contributed by atoms with Crippen LogP contribution in [-0.4, -0.2) is 22.5 Å². The number of carbonyl (C=O) groups excluding carboxylic acids is 1. The number of nitrogens with one attached hydrogen (secondary N) is 2. The van der Waals surface area contributed by atoms with E-state index in [-0.39, 0.29) is 18.6 Å². The van der Waals surface area contributed by atoms with E-state index in [9.17, 15) is 4.79 Å². The number of amides is 1. The zero-order valence-corrected chi connectivity index (χ0v) is 17.4. The van der Waals surface area contributed by atoms with Gasteiger partial charge < -0.3 is 19.8 Å². The van der Waals surface area contributed by atoms with Gasteiger partial charge in [0, 0.05) is 0 Å². The fourth-order valence-corrected chi connectivity index (χ4v) is 3.30. The normalized spacial score (nSPS) is 11.8. The number of hydrogen-bond donors (Lipinski definition) is 2. The minimum Gasteiger partial charge on any atom is -0.485 e. The topological polar surface area (TPSA) is 76.2 Å². The van der Waals surface area contributed by atoms with E-state index < -0.39 is 0 Å². The maximum absolute atomic E-state index is 12.5. The average molecular weight is 415 g/mol. The van der Waals surface area contributed by atoms with Gasteiger partial charge >= 0.3 is 0 Å². The number of fused-ring (bicyclic) bond motifs is 1. The number of aromatic nitrogens is 2. The Balaban J connectivity index is 1.35. The zero-order chi connectivity index (χ0) is 21.5. The van der Waals surface area contributed by atoms with Gasteiger partial charge in [-0.25, -0.2) is 4.98 Å². The maximum Gasteiger partial charge on any atom is 0.258 e. The lowest BCUT2D eigenvalue weighted by atomic mass is 10.2. The van der Waals surface area contributed by atoms with Gasteiger partial charge in [-0.2, -0.15) is 0 Å². The van der Waals surface area contributed by atoms with Crippen molar-refractivity contribution >= 4 is 16.9 Å². The van der Waals surface area contributed by atoms with Crippen molar-refractivity contribution in [3.63, 3.8) is 0 Å². The van der Waals surface area contributed by atoms with Gasteiger partial charge in [-0.1, -0.05) is 61.5 Å². The van der Waals surface area contributed by atoms with Crippen molar-refractivity contribution in [1.29, 1.82) is 0 Å². The monoisotopic (exact) mass is 415 g/mol. The molecule has 0 aliphatic carbocycles. The molecule has 0 bridgehead atoms. The number of H-pyrrole nitrogens is 1. The lowest BCUT2D eigenvalue weighted by Crippen LogP contribution is -2.33. The third-order valence-corrected chi connectivity index (χ3v) is 4.93. The highest BCUT2D eigenvalue weighted by atomic mass is 16.5. The molecule has 1 unspecified atom stereocenters. The van der Waals surface area contributed by atoms with Crippen LogP contribution in [0.3, 0.4) is 0 Å². The predicted octanol–water partition coefficient (Wildman–Crippen LogP) is 4.79. The van der Waals surface area contributed by atoms with Crippen LogP contribution in [0.5, 0.6) is 11.5 Å². The SMILES string of the molecule is CCC(NC(=O)COc1ccccc1OCc1ccccc1)c1nc2ccccc2[nH]1. The Kier molecular flexibility index (Phi) is 6.47. The molecule has 1 aromatic heterocycles. The smallest absolute Gasteiger partial charge is 0.258 e. The molecule has 0 fully saturated rings. The molecule has 4 rings (SSSR count). The summed E-state index contributed by atoms with van der Waals surface area (Å²) in [5, 5.41) is 2.99. The molecule has 3 aromatic carbocycles. The summed E-state index contributed by atoms with van der Waals surface area (Å²) in [4.78, 5) is 20.4. The van der Waals surface area contributed by atoms with E-state index in [1.165, 1.54) is 0 Å². The maximum atomic E-state index is 12.5. The largest absolute Gasteiger partial charge is 0.485 e. The number of nitrogens with zero attached hydrogens (tertiary/aromatic N) is 1. The Morgan fingerprint density at radius 3 is 2.35 bits per heavy atom. The third kappa shape index (κ3) is 5.22. The van der Waals surface area contributed by atoms with E-state index in [2.05, 4.69) is 15.3 Å². The molecule has 6 nitrogen and oxygen atoms in total. The molecule has 0 saturated heterocycles. The fourth-order valence-electron chi connectivity index (χ4n) is 3.30. The van der Waals surface area contributed by atoms with Gasteiger partial charge in [-0.15, -0.1) is 0 Å². The highest BCUT2D eigenvalue weighted by molar-refractivity contribution is 5.78. The van der Waals surface area contributed by atoms with E-state index in [1.807, 2.05) is 79.7 Å². The second kappa shape index (κ2) is 9.80. The van der Waals surface area contributed by atoms with Gasteiger partial charge in [0.15, 0.2) is 18.1 Å². The molecule has 6 heteroatoms. The summed E-state index contributed by atoms with van der Waals surface area (Å²) in [6, 6.07) is 24.9. The zero-order valence-electron chi connectivity index (χ0n) is 17.4. The minimum atomic E-state index is -0.217. The third-order valence-electron chi connectivity index (χ3n) is 4.93. The highest BCUT2D eigenvalue weighted by Gasteiger charge is 2.17. The van der Waals surface area contributed by atoms with E-state index >= 15 is 0 Å². The van der Waals surface area contributed by atoms with Gasteiger partial charge in [0.25, 0.3) is 5.91 Å². The van der Waals surface area contributed by atoms with Crippen molar-refractivity contribution in [2.24, 2.45) is 0 Å². The van der Waals surface area contributed by atoms with Crippen molar-refractivity contribution in [3.05, 3.63) is 90.3 Å². The highest BCUT2D eigenvalue weighted by Crippen LogP contribution is 2.27. The van der Waals surface area contributed by atoms with Gasteiger partial charge in [0.1, 0.15) is 12.4 Å². The summed E-state index contributed by atoms with van der Waals surface area (Å²) in [7, 11) is 0. The van der Waals surface area contributed by atoms with Crippen molar-refractivity contribution in [3.8, 4) is 11.5 Å². The molecule has 0 spiro atoms. The van der Waals surface area contributed by atoms with Crippen molar-refractivity contribution in [1.82, 2.24) is 15.3 Å². The standard InChI is InChI=1S/C25H25N3O3/c1-2-19(25-27-20-12-6-7-13-21(20)28-25)26-24(29)17-31-23-15-9-8-14-22(23)30-16-18-10-4-3-5-11-18/h3-15,19H,2,16-17H2,1H3,(H,26,29)(H,27,28). The Bertz CT molecular complexity index is 1110. The molecule has 4 aromatic rings. The number of hydrogen-bond acceptors (Lipinski definition) is 4. The Labute approximate surface area is 181 Å². The number of rotatable bonds is 9. The van der Waals surface area contributed by atoms with E-state index in [1.54, 1.807) is 6.07 Å². The number of imidazole rings is 1. The van der Waals surface area contributed by atoms with Crippen LogP contribution in [0.25, 0.3) is 11.0 Å². The van der Waals surface area contributed by atoms with Gasteiger partial charge in [0.2, 0.25) is 0 Å². The molecule has 1 atom stereocenters. The summed E-state index contributed by atoms with van der Waals surface area (Å²) in [5.74, 6) is 1.66. The first-order valence-electron chi connectivity index (χ1n) is 10.4. The lowest BCUT2D eigenvalue weighted by molar-refractivity contribution is -0.124. The number of ether oxygens (including phenoxy) is 2. The predicted molar refractivity (Wildman–Crippen MR) is 120 cm³/mol. The molecule has 0 aliphatic heterocycles. The summed E-state index contributed by atoms with van der Waals surface area (Å²) >= 11 is 0. The summed E-state index contributed by atoms with van der Waals surface area (Å²) in [6.45, 7) is 2.32. The molecule has 0 radical (unpaired) electrons. The number of aromatic amines is 1. The Hall–Kier alpha value is -3.80. The van der Waals surface area contributed by atoms with Crippen LogP contribution in [0.4, 0.5) is 0 Å². The van der Waals surface area contributed by atoms with Crippen LogP contribution < -0.4 is 14.8 Å². The molecule has 2 N–H and O–H groups in total. The number of carbonyl (C=O) groups is 1. The quantitative estimate of drug-likeness (QED) is 0.412. The molecular weight excluding hydrogens is 390 g/mol. The lowest BCUT2D eigenvalue weighted by Gasteiger charge is -2.16. The van der Waals surface area contributed by atoms with Gasteiger partial charge in [0.05, 0.1) is 17.1 Å². The van der Waals surface area contributed by atoms with Crippen LogP contribution in [0.15, 0.2) is 78.9 Å². The second-order valence-corrected chi connectivity index (χ2v) is 7.18. The van der Waals surface area contributed by atoms with Crippen molar-refractivity contribution in [2.75, 3.05) is 6.61 Å². The molecular formula is C25H25N3O3. The first-order chi connectivity index (χ1) is 15.2. The Morgan fingerprint density at radius 2 is 1.61 bits per heavy atom. The molecule has 0 aliphatic rings. The Morgan fingerprint density at radius 1 is 0.935 bits per heavy atom. The van der Waals surface area contributed by atoms with E-state index in [4.69, 9.17) is 9.47 Å². The summed E-state index contributed by atoms with van der Waals surface area (Å²) in [6.07, 6.45) is 0.711. The second-order valence-electron chi connectivity index (χ2n) is 7.18. The average Bonchev–Trinajstić information content (AvgIpc) is 3.25. The van der Waals surface area contributed by atoms with E-state index in [0.717, 1.165) is 22.4 Å². The first-order valence-corrected chi connectivity index (χ1v) is 10.4. The van der Waals surface area contributed by atoms with E-state index in [0.29, 0.717) is 24.5 Å². The minimum absolute atomic E-state index is 0.109. The van der Waals surface area contributed by atoms with Crippen LogP contribution in [0.2, 0.25) is 0 Å². The van der Waals surface area contributed by atoms with Gasteiger partial charge in [-0.05, 0) is 36.2 Å². The fraction of sp³-hybridized carbons (Fsp3) is 0.200. The van der Waals surface area contributed by atoms with Crippen LogP contribution in [0, 0.1) is 0 Å². The molecule has 31 heavy (non-hydrogen) atoms. The molecule has 158 valence electrons. The van der Waals surface area contributed by atoms with Crippen LogP contribution >= 0.6 is 0 Å². The van der Waals surface area contributed by atoms with Crippen molar-refractivity contribution < 1.29 is 14.3 Å². The van der Waals surface area contributed by atoms with Crippen LogP contribution in [0.1, 0.15) is 30.8 Å². The molecule has 1 amide bonds. The number of para-hydroxylation sites is 4. The van der Waals surface area contributed by atoms with Gasteiger partial charge in [-0.3, -0.25) is 4.79 Å². The first kappa shape index (κ1) is 20.5. The summed E-state index contributed by atoms with van der Waals surface area (Å²) < 4.78 is 11.6. The number of benzene rings is 3.